The molecule has 4 rings (SSSR count). The minimum absolute atomic E-state index is 0. The van der Waals surface area contributed by atoms with Gasteiger partial charge in [-0.15, -0.1) is 0 Å². The van der Waals surface area contributed by atoms with E-state index in [4.69, 9.17) is 0 Å². The van der Waals surface area contributed by atoms with Gasteiger partial charge in [-0.3, -0.25) is 0 Å². The van der Waals surface area contributed by atoms with Gasteiger partial charge in [-0.05, 0) is 0 Å². The van der Waals surface area contributed by atoms with E-state index in [2.05, 4.69) is 102 Å². The fraction of sp³-hybridized carbons (Fsp3) is 0.240. The Morgan fingerprint density at radius 3 is 2.62 bits per heavy atom. The zero-order valence-electron chi connectivity index (χ0n) is 17.0. The second-order valence-corrected chi connectivity index (χ2v) is 9.24. The van der Waals surface area contributed by atoms with Crippen molar-refractivity contribution in [2.24, 2.45) is 0 Å². The van der Waals surface area contributed by atoms with Crippen molar-refractivity contribution in [2.75, 3.05) is 11.4 Å². The van der Waals surface area contributed by atoms with Crippen molar-refractivity contribution in [1.29, 1.82) is 0 Å². The molecule has 2 heterocycles. The zero-order valence-corrected chi connectivity index (χ0v) is 20.9. The summed E-state index contributed by atoms with van der Waals surface area (Å²) in [7, 11) is 0. The van der Waals surface area contributed by atoms with Crippen LogP contribution in [0.4, 0.5) is 5.69 Å². The van der Waals surface area contributed by atoms with Crippen molar-refractivity contribution in [3.05, 3.63) is 83.1 Å². The maximum Gasteiger partial charge on any atom is -1.00 e. The van der Waals surface area contributed by atoms with Gasteiger partial charge in [0.25, 0.3) is 0 Å². The number of hydrogen-bond acceptors (Lipinski definition) is 1. The molecule has 0 spiro atoms. The van der Waals surface area contributed by atoms with Crippen molar-refractivity contribution in [1.82, 2.24) is 0 Å². The summed E-state index contributed by atoms with van der Waals surface area (Å²) >= 11 is 0.388. The third kappa shape index (κ3) is 4.76. The molecule has 1 aliphatic heterocycles. The molecule has 2 aromatic carbocycles. The first-order valence-corrected chi connectivity index (χ1v) is 11.9. The van der Waals surface area contributed by atoms with Gasteiger partial charge in [0.05, 0.1) is 0 Å². The summed E-state index contributed by atoms with van der Waals surface area (Å²) in [5, 5.41) is 1.32. The molecule has 0 fully saturated rings. The maximum atomic E-state index is 2.45. The number of nitrogens with zero attached hydrogens (tertiary/aromatic N) is 2. The van der Waals surface area contributed by atoms with Crippen LogP contribution in [0, 0.1) is 0 Å². The summed E-state index contributed by atoms with van der Waals surface area (Å²) in [5.41, 5.74) is 3.98. The van der Waals surface area contributed by atoms with Crippen LogP contribution >= 0.6 is 0 Å². The first kappa shape index (κ1) is 22.1. The first-order chi connectivity index (χ1) is 13.8. The summed E-state index contributed by atoms with van der Waals surface area (Å²) in [5.74, 6) is 0. The summed E-state index contributed by atoms with van der Waals surface area (Å²) in [6.07, 6.45) is 11.4. The van der Waals surface area contributed by atoms with Crippen LogP contribution in [-0.2, 0) is 6.54 Å². The number of pyridine rings is 1. The van der Waals surface area contributed by atoms with Crippen molar-refractivity contribution in [3.8, 4) is 0 Å². The Morgan fingerprint density at radius 2 is 1.79 bits per heavy atom. The van der Waals surface area contributed by atoms with E-state index in [0.29, 0.717) is 15.0 Å². The van der Waals surface area contributed by atoms with Gasteiger partial charge in [0.1, 0.15) is 0 Å². The molecule has 0 radical (unpaired) electrons. The number of rotatable bonds is 6. The molecule has 1 aliphatic rings. The number of aromatic nitrogens is 1. The topological polar surface area (TPSA) is 7.12 Å². The molecule has 0 N–H and O–H groups in total. The molecule has 29 heavy (non-hydrogen) atoms. The Hall–Kier alpha value is -1.62. The van der Waals surface area contributed by atoms with Crippen molar-refractivity contribution in [3.63, 3.8) is 0 Å². The van der Waals surface area contributed by atoms with E-state index in [1.807, 2.05) is 0 Å². The van der Waals surface area contributed by atoms with Crippen LogP contribution in [0.3, 0.4) is 0 Å². The Labute approximate surface area is 197 Å². The molecule has 2 nitrogen and oxygen atoms in total. The fourth-order valence-electron chi connectivity index (χ4n) is 3.71. The minimum Gasteiger partial charge on any atom is -1.00 e. The number of fused-ring (bicyclic) bond motifs is 2. The van der Waals surface area contributed by atoms with Gasteiger partial charge in [-0.2, -0.15) is 0 Å². The Morgan fingerprint density at radius 1 is 1.00 bits per heavy atom. The van der Waals surface area contributed by atoms with Gasteiger partial charge >= 0.3 is 174 Å². The van der Waals surface area contributed by atoms with Gasteiger partial charge in [-0.1, -0.05) is 0 Å². The number of para-hydroxylation sites is 2. The average Bonchev–Trinajstić information content (AvgIpc) is 3.10. The molecule has 0 atom stereocenters. The zero-order chi connectivity index (χ0) is 19.3. The van der Waals surface area contributed by atoms with E-state index in [9.17, 15) is 0 Å². The standard InChI is InChI=1S/C25H27N2Se.HI/c1-3-5-18-26-19-17-20(21-12-6-7-13-22(21)26)11-10-16-25-27(4-2)23-14-8-9-15-24(23)28-25;/h6-17,19H,3-5,18H2,1-2H3;1H/q+1;/p-1. The fourth-order valence-corrected chi connectivity index (χ4v) is 6.10. The van der Waals surface area contributed by atoms with E-state index in [-0.39, 0.29) is 24.0 Å². The number of unbranched alkanes of at least 4 members (excludes halogenated alkanes) is 1. The Bertz CT molecular complexity index is 1040. The molecule has 4 heteroatoms. The van der Waals surface area contributed by atoms with E-state index in [1.165, 1.54) is 44.1 Å². The molecule has 0 amide bonds. The predicted octanol–water partition coefficient (Wildman–Crippen LogP) is 1.66. The van der Waals surface area contributed by atoms with Gasteiger partial charge in [0, 0.05) is 0 Å². The minimum atomic E-state index is 0. The van der Waals surface area contributed by atoms with Crippen molar-refractivity contribution in [2.45, 2.75) is 33.2 Å². The number of allylic oxidation sites excluding steroid dienone is 2. The molecule has 0 saturated heterocycles. The van der Waals surface area contributed by atoms with Gasteiger partial charge in [0.2, 0.25) is 0 Å². The van der Waals surface area contributed by atoms with Crippen LogP contribution < -0.4 is 37.9 Å². The van der Waals surface area contributed by atoms with Crippen LogP contribution in [0.25, 0.3) is 17.0 Å². The number of anilines is 1. The number of aryl methyl sites for hydroxylation is 1. The normalized spacial score (nSPS) is 14.6. The summed E-state index contributed by atoms with van der Waals surface area (Å²) in [4.78, 5) is 2.45. The third-order valence-electron chi connectivity index (χ3n) is 5.18. The van der Waals surface area contributed by atoms with Gasteiger partial charge < -0.3 is 24.0 Å². The molecule has 0 saturated carbocycles. The molecular formula is C25H27IN2Se. The van der Waals surface area contributed by atoms with E-state index >= 15 is 0 Å². The molecular weight excluding hydrogens is 534 g/mol. The van der Waals surface area contributed by atoms with Crippen molar-refractivity contribution < 1.29 is 28.5 Å². The smallest absolute Gasteiger partial charge is 1.00 e. The molecule has 0 bridgehead atoms. The molecule has 0 aliphatic carbocycles. The number of benzene rings is 2. The van der Waals surface area contributed by atoms with Crippen LogP contribution in [0.15, 0.2) is 77.5 Å². The van der Waals surface area contributed by atoms with Crippen molar-refractivity contribution >= 4 is 42.1 Å². The molecule has 150 valence electrons. The average molecular weight is 561 g/mol. The summed E-state index contributed by atoms with van der Waals surface area (Å²) in [6.45, 7) is 6.58. The van der Waals surface area contributed by atoms with Crippen LogP contribution in [0.5, 0.6) is 0 Å². The largest absolute Gasteiger partial charge is 1.00 e. The van der Waals surface area contributed by atoms with E-state index < -0.39 is 0 Å². The monoisotopic (exact) mass is 562 g/mol. The predicted molar refractivity (Wildman–Crippen MR) is 121 cm³/mol. The van der Waals surface area contributed by atoms with Gasteiger partial charge in [0.15, 0.2) is 0 Å². The first-order valence-electron chi connectivity index (χ1n) is 10.2. The SMILES string of the molecule is CCCC[n+]1ccc(/C=C/C=C2\[Se]c3ccccc3N2CC)c2ccccc21.[I-]. The van der Waals surface area contributed by atoms with Crippen LogP contribution in [0.2, 0.25) is 0 Å². The molecule has 1 aromatic heterocycles. The number of hydrogen-bond donors (Lipinski definition) is 0. The second-order valence-electron chi connectivity index (χ2n) is 7.01. The maximum absolute atomic E-state index is 2.45. The van der Waals surface area contributed by atoms with Crippen LogP contribution in [-0.4, -0.2) is 21.5 Å². The van der Waals surface area contributed by atoms with E-state index in [1.54, 1.807) is 0 Å². The quantitative estimate of drug-likeness (QED) is 0.253. The summed E-state index contributed by atoms with van der Waals surface area (Å²) < 4.78 is 5.30. The Balaban J connectivity index is 0.00000240. The van der Waals surface area contributed by atoms with Crippen LogP contribution in [0.1, 0.15) is 32.3 Å². The molecule has 3 aromatic rings. The second kappa shape index (κ2) is 10.4. The Kier molecular flexibility index (Phi) is 7.93. The molecule has 0 unspecified atom stereocenters. The van der Waals surface area contributed by atoms with Gasteiger partial charge in [-0.25, -0.2) is 0 Å². The number of halogens is 1. The van der Waals surface area contributed by atoms with E-state index in [0.717, 1.165) is 13.1 Å². The third-order valence-corrected chi connectivity index (χ3v) is 7.55. The summed E-state index contributed by atoms with van der Waals surface area (Å²) in [6, 6.07) is 19.8.